The lowest BCUT2D eigenvalue weighted by molar-refractivity contribution is -0.137. The molecule has 3 heterocycles. The zero-order chi connectivity index (χ0) is 26.2. The van der Waals surface area contributed by atoms with Gasteiger partial charge in [-0.3, -0.25) is 9.59 Å². The molecule has 194 valence electrons. The number of hydrogen-bond donors (Lipinski definition) is 3. The molecule has 10 heteroatoms. The normalized spacial score (nSPS) is 18.3. The zero-order valence-electron chi connectivity index (χ0n) is 20.6. The number of anilines is 2. The van der Waals surface area contributed by atoms with Gasteiger partial charge in [0.05, 0.1) is 24.2 Å². The third-order valence-electron chi connectivity index (χ3n) is 7.12. The first-order valence-electron chi connectivity index (χ1n) is 12.8. The highest BCUT2D eigenvalue weighted by Gasteiger charge is 2.44. The molecule has 6 rings (SSSR count). The number of amides is 1. The molecule has 0 radical (unpaired) electrons. The third kappa shape index (κ3) is 5.47. The number of halogens is 1. The number of rotatable bonds is 10. The Morgan fingerprint density at radius 3 is 2.68 bits per heavy atom. The summed E-state index contributed by atoms with van der Waals surface area (Å²) >= 11 is 6.09. The Balaban J connectivity index is 1.11. The third-order valence-corrected chi connectivity index (χ3v) is 7.36. The van der Waals surface area contributed by atoms with Crippen molar-refractivity contribution >= 4 is 40.6 Å². The highest BCUT2D eigenvalue weighted by molar-refractivity contribution is 6.30. The van der Waals surface area contributed by atoms with Crippen LogP contribution in [-0.2, 0) is 22.6 Å². The van der Waals surface area contributed by atoms with Gasteiger partial charge in [-0.1, -0.05) is 23.7 Å². The number of carboxylic acid groups (broad SMARTS) is 1. The minimum absolute atomic E-state index is 0.0623. The largest absolute Gasteiger partial charge is 0.481 e. The number of carbonyl (C=O) groups is 2. The summed E-state index contributed by atoms with van der Waals surface area (Å²) in [7, 11) is 0. The molecular formula is C28H27ClN6O3. The second-order valence-electron chi connectivity index (χ2n) is 10.1. The van der Waals surface area contributed by atoms with Gasteiger partial charge in [0.25, 0.3) is 0 Å². The Morgan fingerprint density at radius 1 is 1.05 bits per heavy atom. The van der Waals surface area contributed by atoms with Crippen LogP contribution < -0.4 is 10.6 Å². The average Bonchev–Trinajstić information content (AvgIpc) is 3.82. The number of nitrogens with zero attached hydrogens (tertiary/aromatic N) is 4. The van der Waals surface area contributed by atoms with Crippen molar-refractivity contribution in [3.8, 4) is 0 Å². The van der Waals surface area contributed by atoms with E-state index in [2.05, 4.69) is 32.7 Å². The maximum Gasteiger partial charge on any atom is 0.303 e. The Labute approximate surface area is 224 Å². The predicted molar refractivity (Wildman–Crippen MR) is 143 cm³/mol. The van der Waals surface area contributed by atoms with Crippen LogP contribution in [0.3, 0.4) is 0 Å². The van der Waals surface area contributed by atoms with E-state index < -0.39 is 5.97 Å². The van der Waals surface area contributed by atoms with Crippen LogP contribution >= 0.6 is 11.6 Å². The summed E-state index contributed by atoms with van der Waals surface area (Å²) in [5.41, 5.74) is 5.00. The van der Waals surface area contributed by atoms with E-state index in [1.165, 1.54) is 24.7 Å². The molecule has 2 fully saturated rings. The van der Waals surface area contributed by atoms with Crippen molar-refractivity contribution in [3.05, 3.63) is 82.4 Å². The molecular weight excluding hydrogens is 504 g/mol. The van der Waals surface area contributed by atoms with E-state index in [-0.39, 0.29) is 24.2 Å². The number of aryl methyl sites for hydroxylation is 1. The topological polar surface area (TPSA) is 122 Å². The molecule has 0 saturated heterocycles. The highest BCUT2D eigenvalue weighted by atomic mass is 35.5. The predicted octanol–water partition coefficient (Wildman–Crippen LogP) is 5.03. The summed E-state index contributed by atoms with van der Waals surface area (Å²) in [6, 6.07) is 15.6. The summed E-state index contributed by atoms with van der Waals surface area (Å²) in [5, 5.41) is 20.7. The summed E-state index contributed by atoms with van der Waals surface area (Å²) in [6.07, 6.45) is 5.03. The molecule has 9 nitrogen and oxygen atoms in total. The fraction of sp³-hybridized carbons (Fsp3) is 0.321. The Hall–Kier alpha value is -3.98. The number of hydrogen-bond acceptors (Lipinski definition) is 6. The molecule has 0 spiro atoms. The van der Waals surface area contributed by atoms with Gasteiger partial charge in [-0.2, -0.15) is 5.10 Å². The molecule has 3 N–H and O–H groups in total. The first-order chi connectivity index (χ1) is 18.4. The number of fused-ring (bicyclic) bond motifs is 1. The number of carbonyl (C=O) groups excluding carboxylic acids is 1. The second-order valence-corrected chi connectivity index (χ2v) is 10.5. The molecule has 2 saturated carbocycles. The van der Waals surface area contributed by atoms with Crippen molar-refractivity contribution in [2.45, 2.75) is 50.5 Å². The van der Waals surface area contributed by atoms with Gasteiger partial charge in [0.2, 0.25) is 5.91 Å². The Kier molecular flexibility index (Phi) is 6.45. The molecule has 1 amide bonds. The SMILES string of the molecule is O=C(O)CCc1cc(C2CC2)cc2cc(CNc3cc(NC(=O)[C@H]4C[C@@H]4c4cccc(Cl)c4)ncn3)nn12. The van der Waals surface area contributed by atoms with Crippen LogP contribution in [0, 0.1) is 5.92 Å². The molecule has 0 aliphatic heterocycles. The van der Waals surface area contributed by atoms with Crippen molar-refractivity contribution in [2.24, 2.45) is 5.92 Å². The lowest BCUT2D eigenvalue weighted by atomic mass is 10.1. The summed E-state index contributed by atoms with van der Waals surface area (Å²) < 4.78 is 1.84. The molecule has 4 aromatic rings. The zero-order valence-corrected chi connectivity index (χ0v) is 21.4. The molecule has 3 aromatic heterocycles. The standard InChI is InChI=1S/C28H27ClN6O3/c29-19-3-1-2-17(8-19)23-12-24(23)28(38)33-26-13-25(31-15-32-26)30-14-20-11-22-10-18(16-4-5-16)9-21(35(22)34-20)6-7-27(36)37/h1-3,8-11,13,15-16,23-24H,4-7,12,14H2,(H,36,37)(H2,30,31,32,33,38)/t23-,24+/m1/s1. The van der Waals surface area contributed by atoms with E-state index in [1.807, 2.05) is 34.8 Å². The van der Waals surface area contributed by atoms with E-state index in [9.17, 15) is 9.59 Å². The monoisotopic (exact) mass is 530 g/mol. The minimum Gasteiger partial charge on any atom is -0.481 e. The van der Waals surface area contributed by atoms with Crippen LogP contribution in [-0.4, -0.2) is 36.6 Å². The van der Waals surface area contributed by atoms with Gasteiger partial charge in [-0.15, -0.1) is 0 Å². The fourth-order valence-corrected chi connectivity index (χ4v) is 5.11. The lowest BCUT2D eigenvalue weighted by Gasteiger charge is -2.08. The summed E-state index contributed by atoms with van der Waals surface area (Å²) in [6.45, 7) is 0.419. The molecule has 2 aliphatic rings. The Morgan fingerprint density at radius 2 is 1.89 bits per heavy atom. The van der Waals surface area contributed by atoms with Crippen LogP contribution in [0.15, 0.2) is 54.9 Å². The van der Waals surface area contributed by atoms with Crippen LogP contribution in [0.25, 0.3) is 5.52 Å². The van der Waals surface area contributed by atoms with E-state index >= 15 is 0 Å². The fourth-order valence-electron chi connectivity index (χ4n) is 4.91. The van der Waals surface area contributed by atoms with Crippen LogP contribution in [0.2, 0.25) is 5.02 Å². The number of benzene rings is 1. The van der Waals surface area contributed by atoms with Crippen molar-refractivity contribution < 1.29 is 14.7 Å². The van der Waals surface area contributed by atoms with Crippen molar-refractivity contribution in [1.82, 2.24) is 19.6 Å². The number of carboxylic acids is 1. The number of pyridine rings is 1. The van der Waals surface area contributed by atoms with Gasteiger partial charge in [-0.05, 0) is 72.6 Å². The number of aliphatic carboxylic acids is 1. The first kappa shape index (κ1) is 24.4. The molecule has 2 atom stereocenters. The molecule has 0 unspecified atom stereocenters. The van der Waals surface area contributed by atoms with Crippen molar-refractivity contribution in [2.75, 3.05) is 10.6 Å². The van der Waals surface area contributed by atoms with Gasteiger partial charge in [-0.25, -0.2) is 14.5 Å². The molecule has 1 aromatic carbocycles. The molecule has 2 aliphatic carbocycles. The number of nitrogens with one attached hydrogen (secondary N) is 2. The maximum atomic E-state index is 12.8. The van der Waals surface area contributed by atoms with Gasteiger partial charge < -0.3 is 15.7 Å². The van der Waals surface area contributed by atoms with Gasteiger partial charge >= 0.3 is 5.97 Å². The van der Waals surface area contributed by atoms with Crippen LogP contribution in [0.4, 0.5) is 11.6 Å². The van der Waals surface area contributed by atoms with Gasteiger partial charge in [0, 0.05) is 29.1 Å². The maximum absolute atomic E-state index is 12.8. The van der Waals surface area contributed by atoms with Crippen LogP contribution in [0.1, 0.15) is 60.0 Å². The van der Waals surface area contributed by atoms with E-state index in [0.29, 0.717) is 35.5 Å². The first-order valence-corrected chi connectivity index (χ1v) is 13.2. The van der Waals surface area contributed by atoms with Gasteiger partial charge in [0.15, 0.2) is 0 Å². The second kappa shape index (κ2) is 10.1. The van der Waals surface area contributed by atoms with E-state index in [0.717, 1.165) is 28.9 Å². The Bertz CT molecular complexity index is 1530. The van der Waals surface area contributed by atoms with Crippen molar-refractivity contribution in [3.63, 3.8) is 0 Å². The minimum atomic E-state index is -0.822. The summed E-state index contributed by atoms with van der Waals surface area (Å²) in [5.74, 6) is 0.741. The average molecular weight is 531 g/mol. The quantitative estimate of drug-likeness (QED) is 0.263. The summed E-state index contributed by atoms with van der Waals surface area (Å²) in [4.78, 5) is 32.4. The lowest BCUT2D eigenvalue weighted by Crippen LogP contribution is -2.16. The molecule has 0 bridgehead atoms. The van der Waals surface area contributed by atoms with E-state index in [1.54, 1.807) is 6.07 Å². The smallest absolute Gasteiger partial charge is 0.303 e. The van der Waals surface area contributed by atoms with Crippen molar-refractivity contribution in [1.29, 1.82) is 0 Å². The van der Waals surface area contributed by atoms with Gasteiger partial charge in [0.1, 0.15) is 18.0 Å². The highest BCUT2D eigenvalue weighted by Crippen LogP contribution is 2.48. The van der Waals surface area contributed by atoms with Crippen LogP contribution in [0.5, 0.6) is 0 Å². The number of aromatic nitrogens is 4. The molecule has 38 heavy (non-hydrogen) atoms. The van der Waals surface area contributed by atoms with E-state index in [4.69, 9.17) is 21.8 Å².